The third kappa shape index (κ3) is 2.37. The maximum absolute atomic E-state index is 12.0. The van der Waals surface area contributed by atoms with Gasteiger partial charge in [0.15, 0.2) is 5.82 Å². The molecular weight excluding hydrogens is 258 g/mol. The third-order valence-corrected chi connectivity index (χ3v) is 3.07. The predicted octanol–water partition coefficient (Wildman–Crippen LogP) is 1.09. The van der Waals surface area contributed by atoms with E-state index in [1.807, 2.05) is 36.0 Å². The smallest absolute Gasteiger partial charge is 0.338 e. The average molecular weight is 271 g/mol. The number of nitrogens with one attached hydrogen (secondary N) is 1. The van der Waals surface area contributed by atoms with E-state index in [1.165, 1.54) is 0 Å². The zero-order valence-corrected chi connectivity index (χ0v) is 10.9. The first-order valence-corrected chi connectivity index (χ1v) is 6.18. The number of rotatable bonds is 4. The third-order valence-electron chi connectivity index (χ3n) is 3.07. The van der Waals surface area contributed by atoms with Gasteiger partial charge in [0.2, 0.25) is 0 Å². The van der Waals surface area contributed by atoms with Gasteiger partial charge in [-0.1, -0.05) is 11.3 Å². The Morgan fingerprint density at radius 3 is 3.10 bits per heavy atom. The molecule has 0 bridgehead atoms. The first-order chi connectivity index (χ1) is 9.74. The normalized spacial score (nSPS) is 10.8. The van der Waals surface area contributed by atoms with Gasteiger partial charge in [0.1, 0.15) is 0 Å². The summed E-state index contributed by atoms with van der Waals surface area (Å²) < 4.78 is 7.16. The van der Waals surface area contributed by atoms with E-state index in [4.69, 9.17) is 4.74 Å². The molecule has 1 N–H and O–H groups in total. The zero-order valence-electron chi connectivity index (χ0n) is 10.9. The molecule has 0 spiro atoms. The Bertz CT molecular complexity index is 732. The van der Waals surface area contributed by atoms with Crippen molar-refractivity contribution in [3.8, 4) is 0 Å². The van der Waals surface area contributed by atoms with Crippen molar-refractivity contribution in [3.05, 3.63) is 41.9 Å². The fraction of sp³-hybridized carbons (Fsp3) is 0.231. The van der Waals surface area contributed by atoms with Crippen LogP contribution in [0.5, 0.6) is 0 Å². The van der Waals surface area contributed by atoms with Gasteiger partial charge in [0.25, 0.3) is 0 Å². The summed E-state index contributed by atoms with van der Waals surface area (Å²) in [6, 6.07) is 7.50. The van der Waals surface area contributed by atoms with Crippen LogP contribution < -0.4 is 0 Å². The highest BCUT2D eigenvalue weighted by molar-refractivity contribution is 5.94. The first-order valence-electron chi connectivity index (χ1n) is 6.18. The number of aromatic amines is 1. The van der Waals surface area contributed by atoms with Crippen molar-refractivity contribution in [2.75, 3.05) is 6.61 Å². The van der Waals surface area contributed by atoms with Gasteiger partial charge in [-0.05, 0) is 23.6 Å². The van der Waals surface area contributed by atoms with E-state index in [-0.39, 0.29) is 12.6 Å². The molecule has 0 aliphatic rings. The first kappa shape index (κ1) is 12.3. The van der Waals surface area contributed by atoms with Crippen LogP contribution in [0.4, 0.5) is 0 Å². The minimum Gasteiger partial charge on any atom is -0.462 e. The summed E-state index contributed by atoms with van der Waals surface area (Å²) >= 11 is 0. The van der Waals surface area contributed by atoms with Crippen LogP contribution in [0.2, 0.25) is 0 Å². The number of tetrazole rings is 1. The minimum absolute atomic E-state index is 0.226. The lowest BCUT2D eigenvalue weighted by Crippen LogP contribution is -2.09. The van der Waals surface area contributed by atoms with Gasteiger partial charge in [-0.3, -0.25) is 0 Å². The number of esters is 1. The molecule has 0 atom stereocenters. The molecule has 0 amide bonds. The summed E-state index contributed by atoms with van der Waals surface area (Å²) in [4.78, 5) is 12.0. The number of carbonyl (C=O) groups is 1. The van der Waals surface area contributed by atoms with Gasteiger partial charge >= 0.3 is 5.97 Å². The van der Waals surface area contributed by atoms with Crippen LogP contribution in [0.1, 0.15) is 16.2 Å². The molecule has 3 rings (SSSR count). The van der Waals surface area contributed by atoms with Gasteiger partial charge in [0, 0.05) is 25.2 Å². The van der Waals surface area contributed by atoms with Gasteiger partial charge in [0.05, 0.1) is 12.2 Å². The van der Waals surface area contributed by atoms with Crippen molar-refractivity contribution in [2.45, 2.75) is 6.42 Å². The van der Waals surface area contributed by atoms with Crippen molar-refractivity contribution < 1.29 is 9.53 Å². The fourth-order valence-electron chi connectivity index (χ4n) is 2.00. The molecule has 2 heterocycles. The van der Waals surface area contributed by atoms with E-state index >= 15 is 0 Å². The number of fused-ring (bicyclic) bond motifs is 1. The summed E-state index contributed by atoms with van der Waals surface area (Å²) in [7, 11) is 1.94. The molecule has 0 unspecified atom stereocenters. The summed E-state index contributed by atoms with van der Waals surface area (Å²) in [5, 5.41) is 14.5. The SMILES string of the molecule is Cn1ccc2ccc(C(=O)OCCc3nn[nH]n3)cc21. The Balaban J connectivity index is 1.67. The molecule has 7 nitrogen and oxygen atoms in total. The lowest BCUT2D eigenvalue weighted by Gasteiger charge is -2.04. The van der Waals surface area contributed by atoms with Crippen LogP contribution in [0.3, 0.4) is 0 Å². The van der Waals surface area contributed by atoms with Crippen LogP contribution in [-0.2, 0) is 18.2 Å². The van der Waals surface area contributed by atoms with Gasteiger partial charge in [-0.15, -0.1) is 10.2 Å². The summed E-state index contributed by atoms with van der Waals surface area (Å²) in [6.45, 7) is 0.226. The number of H-pyrrole nitrogens is 1. The lowest BCUT2D eigenvalue weighted by atomic mass is 10.1. The van der Waals surface area contributed by atoms with Gasteiger partial charge < -0.3 is 9.30 Å². The highest BCUT2D eigenvalue weighted by Crippen LogP contribution is 2.17. The lowest BCUT2D eigenvalue weighted by molar-refractivity contribution is 0.0507. The Morgan fingerprint density at radius 1 is 1.40 bits per heavy atom. The molecule has 0 radical (unpaired) electrons. The van der Waals surface area contributed by atoms with E-state index in [0.29, 0.717) is 17.8 Å². The number of hydrogen-bond donors (Lipinski definition) is 1. The molecule has 3 aromatic rings. The predicted molar refractivity (Wildman–Crippen MR) is 71.1 cm³/mol. The standard InChI is InChI=1S/C13H13N5O2/c1-18-6-4-9-2-3-10(8-11(9)18)13(19)20-7-5-12-14-16-17-15-12/h2-4,6,8H,5,7H2,1H3,(H,14,15,16,17). The number of hydrogen-bond acceptors (Lipinski definition) is 5. The van der Waals surface area contributed by atoms with Crippen molar-refractivity contribution in [1.82, 2.24) is 25.2 Å². The quantitative estimate of drug-likeness (QED) is 0.718. The van der Waals surface area contributed by atoms with Crippen molar-refractivity contribution in [3.63, 3.8) is 0 Å². The molecule has 20 heavy (non-hydrogen) atoms. The second-order valence-corrected chi connectivity index (χ2v) is 4.41. The second-order valence-electron chi connectivity index (χ2n) is 4.41. The van der Waals surface area contributed by atoms with Crippen LogP contribution in [-0.4, -0.2) is 37.8 Å². The van der Waals surface area contributed by atoms with Crippen LogP contribution in [0.15, 0.2) is 30.5 Å². The summed E-state index contributed by atoms with van der Waals surface area (Å²) in [5.74, 6) is 0.173. The summed E-state index contributed by atoms with van der Waals surface area (Å²) in [5.41, 5.74) is 1.53. The molecule has 102 valence electrons. The van der Waals surface area contributed by atoms with Crippen molar-refractivity contribution in [2.24, 2.45) is 7.05 Å². The van der Waals surface area contributed by atoms with E-state index in [0.717, 1.165) is 10.9 Å². The molecule has 7 heteroatoms. The average Bonchev–Trinajstić information content (AvgIpc) is 3.09. The minimum atomic E-state index is -0.350. The summed E-state index contributed by atoms with van der Waals surface area (Å²) in [6.07, 6.45) is 2.39. The number of nitrogens with zero attached hydrogens (tertiary/aromatic N) is 4. The fourth-order valence-corrected chi connectivity index (χ4v) is 2.00. The molecular formula is C13H13N5O2. The molecule has 0 fully saturated rings. The van der Waals surface area contributed by atoms with Gasteiger partial charge in [-0.25, -0.2) is 4.79 Å². The van der Waals surface area contributed by atoms with E-state index < -0.39 is 0 Å². The van der Waals surface area contributed by atoms with Gasteiger partial charge in [-0.2, -0.15) is 5.21 Å². The Labute approximate surface area is 114 Å². The van der Waals surface area contributed by atoms with Crippen LogP contribution in [0, 0.1) is 0 Å². The second kappa shape index (κ2) is 5.12. The number of benzene rings is 1. The maximum Gasteiger partial charge on any atom is 0.338 e. The zero-order chi connectivity index (χ0) is 13.9. The number of carbonyl (C=O) groups excluding carboxylic acids is 1. The molecule has 2 aromatic heterocycles. The monoisotopic (exact) mass is 271 g/mol. The highest BCUT2D eigenvalue weighted by atomic mass is 16.5. The Morgan fingerprint density at radius 2 is 2.30 bits per heavy atom. The molecule has 0 saturated carbocycles. The van der Waals surface area contributed by atoms with Crippen LogP contribution >= 0.6 is 0 Å². The van der Waals surface area contributed by atoms with Crippen molar-refractivity contribution >= 4 is 16.9 Å². The number of ether oxygens (including phenoxy) is 1. The Kier molecular flexibility index (Phi) is 3.16. The highest BCUT2D eigenvalue weighted by Gasteiger charge is 2.09. The van der Waals surface area contributed by atoms with E-state index in [1.54, 1.807) is 6.07 Å². The Hall–Kier alpha value is -2.70. The van der Waals surface area contributed by atoms with E-state index in [9.17, 15) is 4.79 Å². The molecule has 0 aliphatic heterocycles. The molecule has 0 saturated heterocycles. The number of aromatic nitrogens is 5. The van der Waals surface area contributed by atoms with E-state index in [2.05, 4.69) is 20.6 Å². The largest absolute Gasteiger partial charge is 0.462 e. The van der Waals surface area contributed by atoms with Crippen LogP contribution in [0.25, 0.3) is 10.9 Å². The molecule has 1 aromatic carbocycles. The molecule has 0 aliphatic carbocycles. The number of aryl methyl sites for hydroxylation is 1. The van der Waals surface area contributed by atoms with Crippen molar-refractivity contribution in [1.29, 1.82) is 0 Å². The maximum atomic E-state index is 12.0. The topological polar surface area (TPSA) is 85.7 Å².